The summed E-state index contributed by atoms with van der Waals surface area (Å²) in [4.78, 5) is 13.2. The van der Waals surface area contributed by atoms with Crippen LogP contribution in [0.4, 0.5) is 18.9 Å². The van der Waals surface area contributed by atoms with E-state index in [9.17, 15) is 34.8 Å². The first-order valence-corrected chi connectivity index (χ1v) is 11.1. The number of sulfonamides is 1. The third kappa shape index (κ3) is 3.74. The van der Waals surface area contributed by atoms with Crippen LogP contribution in [0.1, 0.15) is 15.9 Å². The number of alkyl halides is 3. The molecule has 0 spiro atoms. The fourth-order valence-electron chi connectivity index (χ4n) is 2.94. The maximum absolute atomic E-state index is 12.7. The lowest BCUT2D eigenvalue weighted by atomic mass is 10.1. The fraction of sp³-hybridized carbons (Fsp3) is 0.235. The molecule has 29 heavy (non-hydrogen) atoms. The van der Waals surface area contributed by atoms with E-state index in [1.807, 2.05) is 0 Å². The minimum Gasteiger partial charge on any atom is -0.308 e. The van der Waals surface area contributed by atoms with E-state index < -0.39 is 36.2 Å². The molecule has 0 radical (unpaired) electrons. The smallest absolute Gasteiger partial charge is 0.308 e. The molecule has 0 bridgehead atoms. The summed E-state index contributed by atoms with van der Waals surface area (Å²) in [6.45, 7) is 0.250. The Morgan fingerprint density at radius 2 is 1.59 bits per heavy atom. The number of benzene rings is 2. The van der Waals surface area contributed by atoms with Gasteiger partial charge in [0.1, 0.15) is 0 Å². The number of hydrogen-bond acceptors (Lipinski definition) is 5. The number of sulfone groups is 1. The monoisotopic (exact) mass is 448 g/mol. The summed E-state index contributed by atoms with van der Waals surface area (Å²) in [5.41, 5.74) is -4.31. The highest BCUT2D eigenvalue weighted by Crippen LogP contribution is 2.33. The Kier molecular flexibility index (Phi) is 5.22. The quantitative estimate of drug-likeness (QED) is 0.772. The van der Waals surface area contributed by atoms with Gasteiger partial charge >= 0.3 is 5.51 Å². The van der Waals surface area contributed by atoms with Gasteiger partial charge in [-0.2, -0.15) is 13.2 Å². The van der Waals surface area contributed by atoms with Crippen LogP contribution in [0.15, 0.2) is 52.3 Å². The number of nitrogens with one attached hydrogen (secondary N) is 1. The van der Waals surface area contributed by atoms with Crippen LogP contribution >= 0.6 is 0 Å². The Balaban J connectivity index is 1.89. The third-order valence-corrected chi connectivity index (χ3v) is 7.40. The zero-order valence-electron chi connectivity index (χ0n) is 14.9. The summed E-state index contributed by atoms with van der Waals surface area (Å²) < 4.78 is 86.7. The van der Waals surface area contributed by atoms with Gasteiger partial charge in [-0.3, -0.25) is 4.79 Å². The summed E-state index contributed by atoms with van der Waals surface area (Å²) in [7, 11) is -7.86. The maximum atomic E-state index is 12.7. The van der Waals surface area contributed by atoms with E-state index in [4.69, 9.17) is 0 Å². The van der Waals surface area contributed by atoms with Crippen molar-refractivity contribution in [1.29, 1.82) is 0 Å². The molecule has 1 aliphatic heterocycles. The van der Waals surface area contributed by atoms with E-state index in [2.05, 4.69) is 4.72 Å². The molecule has 0 fully saturated rings. The van der Waals surface area contributed by atoms with Gasteiger partial charge in [-0.25, -0.2) is 21.6 Å². The number of anilines is 1. The number of carbonyl (C=O) groups is 1. The van der Waals surface area contributed by atoms with Gasteiger partial charge < -0.3 is 4.90 Å². The van der Waals surface area contributed by atoms with Crippen LogP contribution < -0.4 is 9.62 Å². The van der Waals surface area contributed by atoms with Gasteiger partial charge in [0.15, 0.2) is 0 Å². The number of carbonyl (C=O) groups excluding carboxylic acids is 1. The lowest BCUT2D eigenvalue weighted by Crippen LogP contribution is -2.29. The van der Waals surface area contributed by atoms with Crippen molar-refractivity contribution in [1.82, 2.24) is 4.72 Å². The average Bonchev–Trinajstić information content (AvgIpc) is 3.10. The largest absolute Gasteiger partial charge is 0.501 e. The zero-order valence-corrected chi connectivity index (χ0v) is 16.5. The molecule has 1 aliphatic rings. The number of hydrogen-bond donors (Lipinski definition) is 1. The van der Waals surface area contributed by atoms with Crippen LogP contribution in [0.3, 0.4) is 0 Å². The molecule has 0 saturated heterocycles. The van der Waals surface area contributed by atoms with Crippen molar-refractivity contribution in [3.8, 4) is 0 Å². The fourth-order valence-corrected chi connectivity index (χ4v) is 4.48. The number of nitrogens with zero attached hydrogens (tertiary/aromatic N) is 1. The molecule has 3 rings (SSSR count). The molecule has 1 amide bonds. The molecule has 0 atom stereocenters. The molecule has 1 heterocycles. The molecule has 1 N–H and O–H groups in total. The van der Waals surface area contributed by atoms with Crippen LogP contribution in [-0.2, 0) is 26.3 Å². The summed E-state index contributed by atoms with van der Waals surface area (Å²) in [5.74, 6) is -0.538. The summed E-state index contributed by atoms with van der Waals surface area (Å²) in [6.07, 6.45) is 0.398. The molecule has 2 aromatic carbocycles. The lowest BCUT2D eigenvalue weighted by molar-refractivity contribution is -0.0436. The molecule has 2 aromatic rings. The van der Waals surface area contributed by atoms with E-state index in [0.717, 1.165) is 24.3 Å². The van der Waals surface area contributed by atoms with Crippen LogP contribution in [0.25, 0.3) is 0 Å². The third-order valence-electron chi connectivity index (χ3n) is 4.49. The highest BCUT2D eigenvalue weighted by atomic mass is 32.2. The highest BCUT2D eigenvalue weighted by Gasteiger charge is 2.46. The van der Waals surface area contributed by atoms with E-state index in [1.54, 1.807) is 0 Å². The second-order valence-corrected chi connectivity index (χ2v) is 10.0. The molecule has 0 aromatic heterocycles. The second-order valence-electron chi connectivity index (χ2n) is 6.18. The first kappa shape index (κ1) is 21.3. The molecule has 7 nitrogen and oxygen atoms in total. The Labute approximate surface area is 165 Å². The Hall–Kier alpha value is -2.44. The first-order valence-electron chi connectivity index (χ1n) is 8.18. The van der Waals surface area contributed by atoms with Crippen molar-refractivity contribution in [3.63, 3.8) is 0 Å². The molecular weight excluding hydrogens is 433 g/mol. The number of rotatable bonds is 4. The number of amides is 1. The Morgan fingerprint density at radius 1 is 1.00 bits per heavy atom. The highest BCUT2D eigenvalue weighted by molar-refractivity contribution is 7.92. The van der Waals surface area contributed by atoms with Crippen molar-refractivity contribution in [3.05, 3.63) is 53.6 Å². The van der Waals surface area contributed by atoms with Crippen molar-refractivity contribution >= 4 is 31.5 Å². The van der Waals surface area contributed by atoms with E-state index in [1.165, 1.54) is 30.1 Å². The van der Waals surface area contributed by atoms with Crippen LogP contribution in [0.2, 0.25) is 0 Å². The topological polar surface area (TPSA) is 101 Å². The van der Waals surface area contributed by atoms with Gasteiger partial charge in [0.05, 0.1) is 9.79 Å². The zero-order chi connectivity index (χ0) is 21.6. The van der Waals surface area contributed by atoms with Crippen molar-refractivity contribution in [2.75, 3.05) is 18.5 Å². The van der Waals surface area contributed by atoms with Gasteiger partial charge in [-0.15, -0.1) is 0 Å². The van der Waals surface area contributed by atoms with Crippen LogP contribution in [0, 0.1) is 0 Å². The van der Waals surface area contributed by atoms with Crippen molar-refractivity contribution < 1.29 is 34.8 Å². The summed E-state index contributed by atoms with van der Waals surface area (Å²) >= 11 is 0. The average molecular weight is 448 g/mol. The van der Waals surface area contributed by atoms with Crippen LogP contribution in [-0.4, -0.2) is 41.8 Å². The first-order chi connectivity index (χ1) is 13.4. The van der Waals surface area contributed by atoms with Crippen molar-refractivity contribution in [2.45, 2.75) is 21.7 Å². The molecule has 156 valence electrons. The van der Waals surface area contributed by atoms with E-state index in [-0.39, 0.29) is 17.0 Å². The summed E-state index contributed by atoms with van der Waals surface area (Å²) in [5, 5.41) is 0. The lowest BCUT2D eigenvalue weighted by Gasteiger charge is -2.18. The van der Waals surface area contributed by atoms with Gasteiger partial charge in [-0.05, 0) is 61.5 Å². The van der Waals surface area contributed by atoms with Crippen molar-refractivity contribution in [2.24, 2.45) is 0 Å². The molecule has 12 heteroatoms. The molecular formula is C17H15F3N2O5S2. The minimum absolute atomic E-state index is 0.00546. The number of halogens is 3. The predicted molar refractivity (Wildman–Crippen MR) is 97.8 cm³/mol. The molecule has 0 saturated carbocycles. The van der Waals surface area contributed by atoms with Gasteiger partial charge in [0.2, 0.25) is 10.0 Å². The maximum Gasteiger partial charge on any atom is 0.501 e. The van der Waals surface area contributed by atoms with Gasteiger partial charge in [0, 0.05) is 17.8 Å². The Morgan fingerprint density at radius 3 is 2.14 bits per heavy atom. The predicted octanol–water partition coefficient (Wildman–Crippen LogP) is 2.09. The standard InChI is InChI=1S/C17H15F3N2O5S2/c1-21-29(26,27)14-6-7-15-12(10-14)8-9-22(15)16(23)11-2-4-13(5-3-11)28(24,25)17(18,19)20/h2-7,10,21H,8-9H2,1H3. The number of fused-ring (bicyclic) bond motifs is 1. The van der Waals surface area contributed by atoms with Gasteiger partial charge in [0.25, 0.3) is 15.7 Å². The SMILES string of the molecule is CNS(=O)(=O)c1ccc2c(c1)CCN2C(=O)c1ccc(S(=O)(=O)C(F)(F)F)cc1. The normalized spacial score (nSPS) is 14.7. The van der Waals surface area contributed by atoms with Crippen LogP contribution in [0.5, 0.6) is 0 Å². The molecule has 0 unspecified atom stereocenters. The minimum atomic E-state index is -5.50. The summed E-state index contributed by atoms with van der Waals surface area (Å²) in [6, 6.07) is 7.76. The second kappa shape index (κ2) is 7.11. The van der Waals surface area contributed by atoms with E-state index in [0.29, 0.717) is 17.7 Å². The van der Waals surface area contributed by atoms with E-state index >= 15 is 0 Å². The Bertz CT molecular complexity index is 1170. The van der Waals surface area contributed by atoms with Gasteiger partial charge in [-0.1, -0.05) is 0 Å². The molecule has 0 aliphatic carbocycles.